The molecule has 0 spiro atoms. The molecule has 2 rings (SSSR count). The van der Waals surface area contributed by atoms with Crippen LogP contribution in [0.5, 0.6) is 0 Å². The summed E-state index contributed by atoms with van der Waals surface area (Å²) >= 11 is 0. The van der Waals surface area contributed by atoms with Crippen molar-refractivity contribution in [3.8, 4) is 0 Å². The van der Waals surface area contributed by atoms with E-state index in [0.29, 0.717) is 25.3 Å². The highest BCUT2D eigenvalue weighted by atomic mass is 16.4. The number of carbonyl (C=O) groups excluding carboxylic acids is 1. The van der Waals surface area contributed by atoms with E-state index in [2.05, 4.69) is 10.6 Å². The van der Waals surface area contributed by atoms with E-state index in [1.807, 2.05) is 0 Å². The largest absolute Gasteiger partial charge is 0.481 e. The Morgan fingerprint density at radius 2 is 1.89 bits per heavy atom. The van der Waals surface area contributed by atoms with Gasteiger partial charge in [0.2, 0.25) is 5.91 Å². The Labute approximate surface area is 107 Å². The van der Waals surface area contributed by atoms with Gasteiger partial charge in [-0.1, -0.05) is 0 Å². The predicted octanol–water partition coefficient (Wildman–Crippen LogP) is 0.888. The summed E-state index contributed by atoms with van der Waals surface area (Å²) in [5, 5.41) is 15.2. The smallest absolute Gasteiger partial charge is 0.306 e. The van der Waals surface area contributed by atoms with Crippen molar-refractivity contribution in [1.82, 2.24) is 10.6 Å². The van der Waals surface area contributed by atoms with Crippen molar-refractivity contribution in [2.75, 3.05) is 6.54 Å². The van der Waals surface area contributed by atoms with E-state index in [1.54, 1.807) is 0 Å². The van der Waals surface area contributed by atoms with Crippen molar-refractivity contribution in [3.63, 3.8) is 0 Å². The van der Waals surface area contributed by atoms with Crippen molar-refractivity contribution < 1.29 is 14.7 Å². The third kappa shape index (κ3) is 3.70. The van der Waals surface area contributed by atoms with Crippen molar-refractivity contribution in [2.45, 2.75) is 57.0 Å². The molecule has 1 aliphatic heterocycles. The number of hydrogen-bond donors (Lipinski definition) is 3. The summed E-state index contributed by atoms with van der Waals surface area (Å²) in [5.74, 6) is -0.808. The van der Waals surface area contributed by atoms with Crippen LogP contribution < -0.4 is 10.6 Å². The molecule has 1 saturated heterocycles. The van der Waals surface area contributed by atoms with E-state index in [1.165, 1.54) is 0 Å². The van der Waals surface area contributed by atoms with Gasteiger partial charge in [-0.2, -0.15) is 0 Å². The topological polar surface area (TPSA) is 78.4 Å². The second kappa shape index (κ2) is 6.18. The number of carboxylic acid groups (broad SMARTS) is 1. The predicted molar refractivity (Wildman–Crippen MR) is 67.2 cm³/mol. The molecule has 18 heavy (non-hydrogen) atoms. The van der Waals surface area contributed by atoms with Crippen molar-refractivity contribution >= 4 is 11.9 Å². The molecular weight excluding hydrogens is 232 g/mol. The van der Waals surface area contributed by atoms with Crippen molar-refractivity contribution in [2.24, 2.45) is 5.92 Å². The molecule has 5 heteroatoms. The van der Waals surface area contributed by atoms with Gasteiger partial charge in [0.25, 0.3) is 0 Å². The van der Waals surface area contributed by atoms with E-state index in [-0.39, 0.29) is 17.9 Å². The van der Waals surface area contributed by atoms with Crippen LogP contribution in [0.15, 0.2) is 0 Å². The summed E-state index contributed by atoms with van der Waals surface area (Å²) in [6.45, 7) is 1.02. The normalized spacial score (nSPS) is 32.1. The Balaban J connectivity index is 1.67. The Bertz CT molecular complexity index is 305. The van der Waals surface area contributed by atoms with Gasteiger partial charge in [0.15, 0.2) is 0 Å². The van der Waals surface area contributed by atoms with Crippen LogP contribution in [-0.2, 0) is 9.59 Å². The number of amides is 1. The molecule has 1 saturated carbocycles. The van der Waals surface area contributed by atoms with E-state index in [4.69, 9.17) is 5.11 Å². The summed E-state index contributed by atoms with van der Waals surface area (Å²) in [6.07, 6.45) is 5.74. The van der Waals surface area contributed by atoms with Gasteiger partial charge < -0.3 is 15.7 Å². The molecule has 1 atom stereocenters. The van der Waals surface area contributed by atoms with Crippen LogP contribution in [0.3, 0.4) is 0 Å². The van der Waals surface area contributed by atoms with Crippen LogP contribution in [0.25, 0.3) is 0 Å². The minimum absolute atomic E-state index is 0.105. The fraction of sp³-hybridized carbons (Fsp3) is 0.846. The fourth-order valence-corrected chi connectivity index (χ4v) is 2.93. The number of rotatable bonds is 4. The van der Waals surface area contributed by atoms with Crippen molar-refractivity contribution in [3.05, 3.63) is 0 Å². The van der Waals surface area contributed by atoms with Crippen LogP contribution in [0.1, 0.15) is 44.9 Å². The Hall–Kier alpha value is -1.10. The molecule has 0 bridgehead atoms. The highest BCUT2D eigenvalue weighted by Crippen LogP contribution is 2.24. The second-order valence-electron chi connectivity index (χ2n) is 5.45. The molecule has 0 aromatic rings. The fourth-order valence-electron chi connectivity index (χ4n) is 2.93. The molecular formula is C13H22N2O3. The number of nitrogens with one attached hydrogen (secondary N) is 2. The number of carbonyl (C=O) groups is 2. The quantitative estimate of drug-likeness (QED) is 0.696. The molecule has 2 fully saturated rings. The van der Waals surface area contributed by atoms with Crippen LogP contribution >= 0.6 is 0 Å². The molecule has 1 aliphatic carbocycles. The van der Waals surface area contributed by atoms with Gasteiger partial charge in [0.05, 0.1) is 5.92 Å². The van der Waals surface area contributed by atoms with Gasteiger partial charge in [0, 0.05) is 18.5 Å². The highest BCUT2D eigenvalue weighted by Gasteiger charge is 2.27. The maximum Gasteiger partial charge on any atom is 0.306 e. The Morgan fingerprint density at radius 1 is 1.17 bits per heavy atom. The molecule has 5 nitrogen and oxygen atoms in total. The summed E-state index contributed by atoms with van der Waals surface area (Å²) in [7, 11) is 0. The lowest BCUT2D eigenvalue weighted by molar-refractivity contribution is -0.142. The van der Waals surface area contributed by atoms with Gasteiger partial charge in [-0.25, -0.2) is 0 Å². The van der Waals surface area contributed by atoms with Crippen LogP contribution in [0.2, 0.25) is 0 Å². The zero-order chi connectivity index (χ0) is 13.0. The average molecular weight is 254 g/mol. The van der Waals surface area contributed by atoms with E-state index in [9.17, 15) is 9.59 Å². The molecule has 0 aromatic heterocycles. The summed E-state index contributed by atoms with van der Waals surface area (Å²) in [4.78, 5) is 22.6. The second-order valence-corrected chi connectivity index (χ2v) is 5.45. The molecule has 3 N–H and O–H groups in total. The molecule has 102 valence electrons. The molecule has 0 aromatic carbocycles. The number of aliphatic carboxylic acids is 1. The van der Waals surface area contributed by atoms with E-state index < -0.39 is 5.97 Å². The first-order chi connectivity index (χ1) is 8.65. The molecule has 1 amide bonds. The van der Waals surface area contributed by atoms with Gasteiger partial charge in [-0.15, -0.1) is 0 Å². The third-order valence-corrected chi connectivity index (χ3v) is 4.04. The Kier molecular flexibility index (Phi) is 4.58. The lowest BCUT2D eigenvalue weighted by atomic mass is 9.86. The van der Waals surface area contributed by atoms with E-state index >= 15 is 0 Å². The molecule has 1 unspecified atom stereocenters. The zero-order valence-electron chi connectivity index (χ0n) is 10.7. The lowest BCUT2D eigenvalue weighted by Gasteiger charge is -2.27. The average Bonchev–Trinajstić information content (AvgIpc) is 2.82. The lowest BCUT2D eigenvalue weighted by Crippen LogP contribution is -2.40. The summed E-state index contributed by atoms with van der Waals surface area (Å²) < 4.78 is 0. The number of carboxylic acids is 1. The van der Waals surface area contributed by atoms with Gasteiger partial charge in [0.1, 0.15) is 0 Å². The Morgan fingerprint density at radius 3 is 2.44 bits per heavy atom. The van der Waals surface area contributed by atoms with Crippen LogP contribution in [-0.4, -0.2) is 35.6 Å². The molecule has 0 radical (unpaired) electrons. The monoisotopic (exact) mass is 254 g/mol. The number of hydrogen-bond acceptors (Lipinski definition) is 3. The van der Waals surface area contributed by atoms with Gasteiger partial charge in [-0.3, -0.25) is 9.59 Å². The molecule has 1 heterocycles. The van der Waals surface area contributed by atoms with Crippen molar-refractivity contribution in [1.29, 1.82) is 0 Å². The zero-order valence-corrected chi connectivity index (χ0v) is 10.7. The molecule has 2 aliphatic rings. The summed E-state index contributed by atoms with van der Waals surface area (Å²) in [5.41, 5.74) is 0. The minimum Gasteiger partial charge on any atom is -0.481 e. The summed E-state index contributed by atoms with van der Waals surface area (Å²) in [6, 6.07) is 0.509. The first-order valence-electron chi connectivity index (χ1n) is 6.90. The van der Waals surface area contributed by atoms with Gasteiger partial charge in [-0.05, 0) is 45.1 Å². The first kappa shape index (κ1) is 13.3. The van der Waals surface area contributed by atoms with E-state index in [0.717, 1.165) is 32.2 Å². The maximum absolute atomic E-state index is 11.8. The van der Waals surface area contributed by atoms with Crippen LogP contribution in [0, 0.1) is 5.92 Å². The maximum atomic E-state index is 11.8. The SMILES string of the molecule is O=C(CC1CCCN1)NC1CCC(C(=O)O)CC1. The van der Waals surface area contributed by atoms with Gasteiger partial charge >= 0.3 is 5.97 Å². The van der Waals surface area contributed by atoms with Crippen LogP contribution in [0.4, 0.5) is 0 Å². The highest BCUT2D eigenvalue weighted by molar-refractivity contribution is 5.77. The minimum atomic E-state index is -0.699. The standard InChI is InChI=1S/C13H22N2O3/c16-12(8-11-2-1-7-14-11)15-10-5-3-9(4-6-10)13(17)18/h9-11,14H,1-8H2,(H,15,16)(H,17,18). The third-order valence-electron chi connectivity index (χ3n) is 4.04. The first-order valence-corrected chi connectivity index (χ1v) is 6.90.